The molecule has 1 fully saturated rings. The number of thiazole rings is 1. The van der Waals surface area contributed by atoms with Gasteiger partial charge in [-0.3, -0.25) is 28.9 Å². The number of amides is 2. The second-order valence-electron chi connectivity index (χ2n) is 15.0. The molecule has 2 aromatic carbocycles. The number of ether oxygens (including phenoxy) is 2. The van der Waals surface area contributed by atoms with Crippen molar-refractivity contribution in [3.8, 4) is 0 Å². The van der Waals surface area contributed by atoms with Gasteiger partial charge in [-0.1, -0.05) is 69.7 Å². The van der Waals surface area contributed by atoms with Crippen LogP contribution in [0.1, 0.15) is 105 Å². The van der Waals surface area contributed by atoms with Crippen molar-refractivity contribution in [3.63, 3.8) is 0 Å². The van der Waals surface area contributed by atoms with E-state index in [2.05, 4.69) is 10.3 Å². The highest BCUT2D eigenvalue weighted by molar-refractivity contribution is 7.09. The molecule has 1 saturated heterocycles. The number of halogens is 1. The summed E-state index contributed by atoms with van der Waals surface area (Å²) in [5, 5.41) is 5.02. The van der Waals surface area contributed by atoms with Gasteiger partial charge in [-0.05, 0) is 68.5 Å². The van der Waals surface area contributed by atoms with Crippen molar-refractivity contribution in [2.75, 3.05) is 27.7 Å². The van der Waals surface area contributed by atoms with Gasteiger partial charge in [0, 0.05) is 44.3 Å². The normalized spacial score (nSPS) is 17.4. The molecule has 1 aliphatic rings. The summed E-state index contributed by atoms with van der Waals surface area (Å²) in [6.07, 6.45) is 2.77. The van der Waals surface area contributed by atoms with E-state index < -0.39 is 47.7 Å². The highest BCUT2D eigenvalue weighted by Gasteiger charge is 2.37. The number of methoxy groups -OCH3 is 1. The Kier molecular flexibility index (Phi) is 16.1. The lowest BCUT2D eigenvalue weighted by Crippen LogP contribution is -2.46. The van der Waals surface area contributed by atoms with Gasteiger partial charge in [0.05, 0.1) is 25.0 Å². The summed E-state index contributed by atoms with van der Waals surface area (Å²) in [6.45, 7) is 7.77. The third-order valence-corrected chi connectivity index (χ3v) is 11.4. The first-order valence-corrected chi connectivity index (χ1v) is 19.9. The Labute approximate surface area is 328 Å². The number of Topliss-reactive ketones (excluding diaryl/α,β-unsaturated/α-hetero) is 1. The summed E-state index contributed by atoms with van der Waals surface area (Å²) >= 11 is 1.17. The number of ketones is 1. The van der Waals surface area contributed by atoms with Crippen LogP contribution in [0, 0.1) is 17.7 Å². The number of piperidine rings is 1. The van der Waals surface area contributed by atoms with Crippen LogP contribution in [0.4, 0.5) is 4.39 Å². The van der Waals surface area contributed by atoms with Crippen LogP contribution in [0.5, 0.6) is 0 Å². The molecule has 1 aromatic heterocycles. The maximum atomic E-state index is 14.4. The van der Waals surface area contributed by atoms with E-state index in [1.807, 2.05) is 56.1 Å². The van der Waals surface area contributed by atoms with Crippen LogP contribution in [0.15, 0.2) is 60.0 Å². The first kappa shape index (κ1) is 43.2. The van der Waals surface area contributed by atoms with E-state index in [-0.39, 0.29) is 48.2 Å². The lowest BCUT2D eigenvalue weighted by Gasteiger charge is -2.36. The molecule has 1 N–H and O–H groups in total. The number of nitrogens with zero attached hydrogens (tertiary/aromatic N) is 3. The van der Waals surface area contributed by atoms with Gasteiger partial charge < -0.3 is 19.7 Å². The van der Waals surface area contributed by atoms with E-state index in [4.69, 9.17) is 9.47 Å². The van der Waals surface area contributed by atoms with Crippen LogP contribution in [0.2, 0.25) is 0 Å². The number of rotatable bonds is 18. The Balaban J connectivity index is 1.56. The fraction of sp³-hybridized carbons (Fsp3) is 0.524. The van der Waals surface area contributed by atoms with E-state index in [1.165, 1.54) is 37.5 Å². The molecule has 4 rings (SSSR count). The maximum absolute atomic E-state index is 14.4. The van der Waals surface area contributed by atoms with Crippen LogP contribution in [0.3, 0.4) is 0 Å². The third kappa shape index (κ3) is 12.3. The number of likely N-dealkylation sites (tertiary alicyclic amines) is 1. The van der Waals surface area contributed by atoms with E-state index in [0.29, 0.717) is 23.4 Å². The predicted octanol–water partition coefficient (Wildman–Crippen LogP) is 6.53. The van der Waals surface area contributed by atoms with Crippen LogP contribution in [-0.4, -0.2) is 90.2 Å². The summed E-state index contributed by atoms with van der Waals surface area (Å²) in [6, 6.07) is 14.2. The molecule has 0 saturated carbocycles. The largest absolute Gasteiger partial charge is 0.469 e. The van der Waals surface area contributed by atoms with Gasteiger partial charge in [0.2, 0.25) is 5.91 Å². The Bertz CT molecular complexity index is 1750. The SMILES string of the molecule is COC(=O)[C@@H](C)C[C@H](Cc1ccccc1)NC(=O)c1csc([C@@H](C[C@H](C(C)C)N(C)C(=O)[C@@H](CC(=O)[C@H]2CCCCN2C)c2ccc(F)cc2)OC(C)=O)n1. The van der Waals surface area contributed by atoms with Gasteiger partial charge in [-0.25, -0.2) is 9.37 Å². The molecule has 0 bridgehead atoms. The quantitative estimate of drug-likeness (QED) is 0.143. The molecule has 0 unspecified atom stereocenters. The topological polar surface area (TPSA) is 135 Å². The fourth-order valence-corrected chi connectivity index (χ4v) is 8.22. The van der Waals surface area contributed by atoms with Gasteiger partial charge >= 0.3 is 11.9 Å². The molecule has 2 heterocycles. The van der Waals surface area contributed by atoms with Gasteiger partial charge in [-0.2, -0.15) is 0 Å². The van der Waals surface area contributed by atoms with Crippen molar-refractivity contribution < 1.29 is 37.8 Å². The number of carbonyl (C=O) groups excluding carboxylic acids is 5. The lowest BCUT2D eigenvalue weighted by molar-refractivity contribution is -0.149. The van der Waals surface area contributed by atoms with Crippen LogP contribution < -0.4 is 5.32 Å². The monoisotopic (exact) mass is 778 g/mol. The van der Waals surface area contributed by atoms with E-state index >= 15 is 0 Å². The summed E-state index contributed by atoms with van der Waals surface area (Å²) < 4.78 is 24.7. The summed E-state index contributed by atoms with van der Waals surface area (Å²) in [7, 11) is 4.93. The zero-order chi connectivity index (χ0) is 40.2. The second-order valence-corrected chi connectivity index (χ2v) is 15.8. The average molecular weight is 779 g/mol. The first-order valence-electron chi connectivity index (χ1n) is 19.0. The lowest BCUT2D eigenvalue weighted by atomic mass is 9.86. The molecule has 3 aromatic rings. The minimum Gasteiger partial charge on any atom is -0.469 e. The molecule has 0 spiro atoms. The molecule has 2 amide bonds. The molecular formula is C42H55FN4O7S. The zero-order valence-electron chi connectivity index (χ0n) is 33.0. The molecule has 11 nitrogen and oxygen atoms in total. The number of esters is 2. The van der Waals surface area contributed by atoms with Gasteiger partial charge in [-0.15, -0.1) is 11.3 Å². The van der Waals surface area contributed by atoms with E-state index in [9.17, 15) is 28.4 Å². The summed E-state index contributed by atoms with van der Waals surface area (Å²) in [5.41, 5.74) is 1.67. The number of carbonyl (C=O) groups is 5. The number of nitrogens with one attached hydrogen (secondary N) is 1. The number of hydrogen-bond acceptors (Lipinski definition) is 10. The third-order valence-electron chi connectivity index (χ3n) is 10.4. The molecule has 298 valence electrons. The second kappa shape index (κ2) is 20.4. The van der Waals surface area contributed by atoms with Crippen molar-refractivity contribution in [3.05, 3.63) is 87.6 Å². The molecule has 0 radical (unpaired) electrons. The highest BCUT2D eigenvalue weighted by Crippen LogP contribution is 2.33. The number of hydrogen-bond donors (Lipinski definition) is 1. The number of likely N-dealkylation sites (N-methyl/N-ethyl adjacent to an activating group) is 2. The standard InChI is InChI=1S/C42H55FN4O7S/c1-26(2)36(47(6)41(51)33(30-16-18-31(43)19-17-30)23-37(49)35-15-11-12-20-46(35)5)24-38(54-28(4)48)40-45-34(25-55-40)39(50)44-32(21-27(3)42(52)53-7)22-29-13-9-8-10-14-29/h8-10,13-14,16-19,25-27,32-33,35-36,38H,11-12,15,20-24H2,1-7H3,(H,44,50)/t27-,32+,33-,35+,36+,38+/m0/s1. The minimum atomic E-state index is -0.882. The van der Waals surface area contributed by atoms with Crippen molar-refractivity contribution in [2.45, 2.75) is 103 Å². The average Bonchev–Trinajstić information content (AvgIpc) is 3.66. The van der Waals surface area contributed by atoms with Crippen molar-refractivity contribution >= 4 is 40.9 Å². The van der Waals surface area contributed by atoms with Gasteiger partial charge in [0.25, 0.3) is 5.91 Å². The highest BCUT2D eigenvalue weighted by atomic mass is 32.1. The molecular weight excluding hydrogens is 724 g/mol. The molecule has 1 aliphatic heterocycles. The molecule has 0 aliphatic carbocycles. The first-order chi connectivity index (χ1) is 26.2. The maximum Gasteiger partial charge on any atom is 0.308 e. The van der Waals surface area contributed by atoms with Crippen LogP contribution in [0.25, 0.3) is 0 Å². The Hall–Kier alpha value is -4.49. The Morgan fingerprint density at radius 3 is 2.33 bits per heavy atom. The van der Waals surface area contributed by atoms with E-state index in [0.717, 1.165) is 31.4 Å². The van der Waals surface area contributed by atoms with E-state index in [1.54, 1.807) is 36.4 Å². The summed E-state index contributed by atoms with van der Waals surface area (Å²) in [5.74, 6) is -3.55. The number of benzene rings is 2. The smallest absolute Gasteiger partial charge is 0.308 e. The van der Waals surface area contributed by atoms with Gasteiger partial charge in [0.1, 0.15) is 16.5 Å². The fourth-order valence-electron chi connectivity index (χ4n) is 7.38. The van der Waals surface area contributed by atoms with Gasteiger partial charge in [0.15, 0.2) is 11.9 Å². The van der Waals surface area contributed by atoms with Crippen molar-refractivity contribution in [2.24, 2.45) is 11.8 Å². The number of aromatic nitrogens is 1. The zero-order valence-corrected chi connectivity index (χ0v) is 33.8. The molecule has 6 atom stereocenters. The van der Waals surface area contributed by atoms with Crippen LogP contribution in [-0.2, 0) is 35.1 Å². The summed E-state index contributed by atoms with van der Waals surface area (Å²) in [4.78, 5) is 74.7. The van der Waals surface area contributed by atoms with Crippen LogP contribution >= 0.6 is 11.3 Å². The minimum absolute atomic E-state index is 0.0310. The molecule has 13 heteroatoms. The Morgan fingerprint density at radius 2 is 1.71 bits per heavy atom. The Morgan fingerprint density at radius 1 is 1.02 bits per heavy atom. The molecule has 55 heavy (non-hydrogen) atoms. The van der Waals surface area contributed by atoms with Crippen molar-refractivity contribution in [1.29, 1.82) is 0 Å². The van der Waals surface area contributed by atoms with Crippen molar-refractivity contribution in [1.82, 2.24) is 20.1 Å². The predicted molar refractivity (Wildman–Crippen MR) is 209 cm³/mol.